The Bertz CT molecular complexity index is 278. The van der Waals surface area contributed by atoms with Crippen LogP contribution < -0.4 is 0 Å². The van der Waals surface area contributed by atoms with Crippen LogP contribution in [-0.4, -0.2) is 16.4 Å². The standard InChI is InChI=1S/C10H12.CH2O3/c1-2-6-10-8-4-3-7-9(10)5-1;2-1(3)4/h1-2,5-6H,3-4,7-8H2;(H2,2,3,4). The Morgan fingerprint density at radius 1 is 1.00 bits per heavy atom. The van der Waals surface area contributed by atoms with Gasteiger partial charge in [0.2, 0.25) is 0 Å². The van der Waals surface area contributed by atoms with E-state index >= 15 is 0 Å². The molecule has 0 unspecified atom stereocenters. The molecule has 0 saturated carbocycles. The average Bonchev–Trinajstić information content (AvgIpc) is 2.17. The van der Waals surface area contributed by atoms with E-state index in [4.69, 9.17) is 15.0 Å². The van der Waals surface area contributed by atoms with Crippen LogP contribution in [0.25, 0.3) is 0 Å². The summed E-state index contributed by atoms with van der Waals surface area (Å²) in [6.07, 6.45) is 3.54. The maximum atomic E-state index is 8.56. The van der Waals surface area contributed by atoms with Crippen molar-refractivity contribution >= 4 is 6.16 Å². The summed E-state index contributed by atoms with van der Waals surface area (Å²) in [5.41, 5.74) is 3.16. The first kappa shape index (κ1) is 10.6. The Hall–Kier alpha value is -1.51. The van der Waals surface area contributed by atoms with E-state index in [0.29, 0.717) is 0 Å². The van der Waals surface area contributed by atoms with Crippen LogP contribution in [0, 0.1) is 0 Å². The first-order valence-electron chi connectivity index (χ1n) is 4.69. The van der Waals surface area contributed by atoms with Crippen molar-refractivity contribution in [2.24, 2.45) is 0 Å². The molecule has 3 heteroatoms. The van der Waals surface area contributed by atoms with Crippen LogP contribution >= 0.6 is 0 Å². The van der Waals surface area contributed by atoms with E-state index in [1.165, 1.54) is 25.7 Å². The molecule has 0 spiro atoms. The SMILES string of the molecule is O=C(O)O.c1ccc2c(c1)CCCC2. The third-order valence-corrected chi connectivity index (χ3v) is 2.26. The highest BCUT2D eigenvalue weighted by Crippen LogP contribution is 2.19. The molecule has 0 saturated heterocycles. The highest BCUT2D eigenvalue weighted by atomic mass is 16.6. The van der Waals surface area contributed by atoms with E-state index < -0.39 is 6.16 Å². The van der Waals surface area contributed by atoms with Crippen molar-refractivity contribution in [1.29, 1.82) is 0 Å². The molecule has 0 radical (unpaired) electrons. The largest absolute Gasteiger partial charge is 0.503 e. The van der Waals surface area contributed by atoms with E-state index in [2.05, 4.69) is 24.3 Å². The first-order valence-corrected chi connectivity index (χ1v) is 4.69. The summed E-state index contributed by atoms with van der Waals surface area (Å²) < 4.78 is 0. The molecule has 2 rings (SSSR count). The quantitative estimate of drug-likeness (QED) is 0.667. The lowest BCUT2D eigenvalue weighted by Gasteiger charge is -2.13. The molecule has 1 aromatic carbocycles. The minimum absolute atomic E-state index is 1.30. The van der Waals surface area contributed by atoms with E-state index in [1.807, 2.05) is 0 Å². The summed E-state index contributed by atoms with van der Waals surface area (Å²) in [5.74, 6) is 0. The number of hydrogen-bond acceptors (Lipinski definition) is 1. The fourth-order valence-electron chi connectivity index (χ4n) is 1.68. The molecular weight excluding hydrogens is 180 g/mol. The summed E-state index contributed by atoms with van der Waals surface area (Å²) >= 11 is 0. The molecule has 1 aliphatic rings. The van der Waals surface area contributed by atoms with Crippen molar-refractivity contribution in [2.45, 2.75) is 25.7 Å². The van der Waals surface area contributed by atoms with E-state index in [1.54, 1.807) is 11.1 Å². The van der Waals surface area contributed by atoms with Gasteiger partial charge in [-0.25, -0.2) is 4.79 Å². The van der Waals surface area contributed by atoms with Crippen LogP contribution in [0.4, 0.5) is 4.79 Å². The Labute approximate surface area is 83.0 Å². The van der Waals surface area contributed by atoms with Crippen molar-refractivity contribution < 1.29 is 15.0 Å². The highest BCUT2D eigenvalue weighted by Gasteiger charge is 2.05. The molecule has 0 bridgehead atoms. The number of fused-ring (bicyclic) bond motifs is 1. The van der Waals surface area contributed by atoms with Gasteiger partial charge in [0, 0.05) is 0 Å². The maximum Gasteiger partial charge on any atom is 0.503 e. The predicted octanol–water partition coefficient (Wildman–Crippen LogP) is 2.79. The van der Waals surface area contributed by atoms with Gasteiger partial charge in [0.05, 0.1) is 0 Å². The molecular formula is C11H14O3. The second-order valence-electron chi connectivity index (χ2n) is 3.26. The molecule has 14 heavy (non-hydrogen) atoms. The summed E-state index contributed by atoms with van der Waals surface area (Å²) in [5, 5.41) is 13.9. The van der Waals surface area contributed by atoms with Gasteiger partial charge < -0.3 is 10.2 Å². The molecule has 1 aliphatic carbocycles. The van der Waals surface area contributed by atoms with Crippen molar-refractivity contribution in [3.8, 4) is 0 Å². The highest BCUT2D eigenvalue weighted by molar-refractivity contribution is 5.53. The zero-order valence-corrected chi connectivity index (χ0v) is 7.94. The van der Waals surface area contributed by atoms with Gasteiger partial charge in [0.25, 0.3) is 0 Å². The Balaban J connectivity index is 0.000000213. The normalized spacial score (nSPS) is 13.4. The molecule has 0 atom stereocenters. The van der Waals surface area contributed by atoms with E-state index in [-0.39, 0.29) is 0 Å². The molecule has 76 valence electrons. The number of aryl methyl sites for hydroxylation is 2. The zero-order chi connectivity index (χ0) is 10.4. The summed E-state index contributed by atoms with van der Waals surface area (Å²) in [7, 11) is 0. The monoisotopic (exact) mass is 194 g/mol. The molecule has 0 fully saturated rings. The van der Waals surface area contributed by atoms with Gasteiger partial charge in [-0.3, -0.25) is 0 Å². The molecule has 0 amide bonds. The number of benzene rings is 1. The molecule has 0 aliphatic heterocycles. The summed E-state index contributed by atoms with van der Waals surface area (Å²) in [4.78, 5) is 8.56. The van der Waals surface area contributed by atoms with Gasteiger partial charge >= 0.3 is 6.16 Å². The van der Waals surface area contributed by atoms with Gasteiger partial charge in [-0.15, -0.1) is 0 Å². The van der Waals surface area contributed by atoms with Crippen LogP contribution in [-0.2, 0) is 12.8 Å². The van der Waals surface area contributed by atoms with Crippen LogP contribution in [0.3, 0.4) is 0 Å². The second kappa shape index (κ2) is 5.27. The van der Waals surface area contributed by atoms with Crippen molar-refractivity contribution in [3.05, 3.63) is 35.4 Å². The van der Waals surface area contributed by atoms with Gasteiger partial charge in [-0.1, -0.05) is 24.3 Å². The minimum atomic E-state index is -1.83. The smallest absolute Gasteiger partial charge is 0.450 e. The number of carboxylic acid groups (broad SMARTS) is 2. The molecule has 0 heterocycles. The summed E-state index contributed by atoms with van der Waals surface area (Å²) in [6, 6.07) is 8.80. The van der Waals surface area contributed by atoms with E-state index in [0.717, 1.165) is 0 Å². The third kappa shape index (κ3) is 3.47. The lowest BCUT2D eigenvalue weighted by atomic mass is 9.92. The van der Waals surface area contributed by atoms with Gasteiger partial charge in [-0.05, 0) is 36.8 Å². The van der Waals surface area contributed by atoms with Crippen LogP contribution in [0.1, 0.15) is 24.0 Å². The number of carbonyl (C=O) groups is 1. The third-order valence-electron chi connectivity index (χ3n) is 2.26. The average molecular weight is 194 g/mol. The van der Waals surface area contributed by atoms with Crippen LogP contribution in [0.2, 0.25) is 0 Å². The lowest BCUT2D eigenvalue weighted by molar-refractivity contribution is 0.137. The first-order chi connectivity index (χ1) is 6.70. The Morgan fingerprint density at radius 2 is 1.36 bits per heavy atom. The predicted molar refractivity (Wildman–Crippen MR) is 53.7 cm³/mol. The minimum Gasteiger partial charge on any atom is -0.450 e. The van der Waals surface area contributed by atoms with Gasteiger partial charge in [-0.2, -0.15) is 0 Å². The molecule has 0 aromatic heterocycles. The Morgan fingerprint density at radius 3 is 1.71 bits per heavy atom. The lowest BCUT2D eigenvalue weighted by Crippen LogP contribution is -2.00. The zero-order valence-electron chi connectivity index (χ0n) is 7.94. The van der Waals surface area contributed by atoms with Crippen LogP contribution in [0.15, 0.2) is 24.3 Å². The maximum absolute atomic E-state index is 8.56. The number of hydrogen-bond donors (Lipinski definition) is 2. The molecule has 3 nitrogen and oxygen atoms in total. The van der Waals surface area contributed by atoms with Gasteiger partial charge in [0.1, 0.15) is 0 Å². The van der Waals surface area contributed by atoms with Crippen molar-refractivity contribution in [1.82, 2.24) is 0 Å². The van der Waals surface area contributed by atoms with E-state index in [9.17, 15) is 0 Å². The second-order valence-corrected chi connectivity index (χ2v) is 3.26. The van der Waals surface area contributed by atoms with Crippen molar-refractivity contribution in [3.63, 3.8) is 0 Å². The fraction of sp³-hybridized carbons (Fsp3) is 0.364. The molecule has 2 N–H and O–H groups in total. The van der Waals surface area contributed by atoms with Crippen molar-refractivity contribution in [2.75, 3.05) is 0 Å². The Kier molecular flexibility index (Phi) is 3.98. The summed E-state index contributed by atoms with van der Waals surface area (Å²) in [6.45, 7) is 0. The topological polar surface area (TPSA) is 57.5 Å². The molecule has 1 aromatic rings. The van der Waals surface area contributed by atoms with Crippen LogP contribution in [0.5, 0.6) is 0 Å². The number of rotatable bonds is 0. The van der Waals surface area contributed by atoms with Gasteiger partial charge in [0.15, 0.2) is 0 Å². The fourth-order valence-corrected chi connectivity index (χ4v) is 1.68.